The van der Waals surface area contributed by atoms with Crippen LogP contribution in [0.5, 0.6) is 57.5 Å². The summed E-state index contributed by atoms with van der Waals surface area (Å²) >= 11 is 0. The molecule has 10 nitrogen and oxygen atoms in total. The lowest BCUT2D eigenvalue weighted by Crippen LogP contribution is -2.00. The van der Waals surface area contributed by atoms with Gasteiger partial charge in [0.15, 0.2) is 0 Å². The van der Waals surface area contributed by atoms with Gasteiger partial charge >= 0.3 is 0 Å². The number of benzene rings is 11. The van der Waals surface area contributed by atoms with Crippen molar-refractivity contribution in [1.82, 2.24) is 0 Å². The van der Waals surface area contributed by atoms with Gasteiger partial charge in [0, 0.05) is 5.39 Å². The fourth-order valence-corrected chi connectivity index (χ4v) is 14.5. The van der Waals surface area contributed by atoms with Crippen LogP contribution in [0.3, 0.4) is 0 Å². The molecule has 0 aliphatic carbocycles. The maximum atomic E-state index is 5.87. The van der Waals surface area contributed by atoms with E-state index in [1.807, 2.05) is 103 Å². The highest BCUT2D eigenvalue weighted by atomic mass is 16.5. The van der Waals surface area contributed by atoms with E-state index in [-0.39, 0.29) is 0 Å². The van der Waals surface area contributed by atoms with Crippen LogP contribution in [0.1, 0.15) is 328 Å². The van der Waals surface area contributed by atoms with Crippen LogP contribution in [0.2, 0.25) is 0 Å². The van der Waals surface area contributed by atoms with Crippen LogP contribution in [0.25, 0.3) is 10.8 Å². The van der Waals surface area contributed by atoms with Crippen LogP contribution >= 0.6 is 0 Å². The first-order chi connectivity index (χ1) is 69.2. The Bertz CT molecular complexity index is 4590. The molecule has 0 amide bonds. The van der Waals surface area contributed by atoms with Crippen molar-refractivity contribution in [3.05, 3.63) is 310 Å². The Hall–Kier alpha value is -10.3. The topological polar surface area (TPSA) is 92.3 Å². The molecule has 0 fully saturated rings. The molecule has 11 aromatic rings. The van der Waals surface area contributed by atoms with Crippen molar-refractivity contribution in [3.63, 3.8) is 0 Å². The van der Waals surface area contributed by atoms with E-state index in [0.717, 1.165) is 247 Å². The highest BCUT2D eigenvalue weighted by Crippen LogP contribution is 2.28. The van der Waals surface area contributed by atoms with E-state index in [0.29, 0.717) is 0 Å². The number of hydrogen-bond acceptors (Lipinski definition) is 10. The Kier molecular flexibility index (Phi) is 73.7. The summed E-state index contributed by atoms with van der Waals surface area (Å²) in [6, 6.07) is 84.5. The monoisotopic (exact) mass is 1990 g/mol. The molecule has 0 aliphatic heterocycles. The molecule has 0 saturated carbocycles. The molecule has 0 bridgehead atoms. The Balaban J connectivity index is 0.000000545. The van der Waals surface area contributed by atoms with Crippen LogP contribution in [0, 0.1) is 135 Å². The van der Waals surface area contributed by atoms with Crippen molar-refractivity contribution in [1.29, 1.82) is 0 Å². The van der Waals surface area contributed by atoms with Gasteiger partial charge in [-0.05, 0) is 423 Å². The van der Waals surface area contributed by atoms with E-state index in [1.54, 1.807) is 0 Å². The summed E-state index contributed by atoms with van der Waals surface area (Å²) in [5, 5.41) is 2.45. The Morgan fingerprint density at radius 3 is 0.648 bits per heavy atom. The second-order valence-corrected chi connectivity index (χ2v) is 43.4. The number of para-hydroxylation sites is 1. The lowest BCUT2D eigenvalue weighted by atomic mass is 10.0. The number of rotatable bonds is 50. The SMILES string of the molecule is CC(C)CCCOc1cccc2ccccc12.CC(C)CCCOc1ccccc1.Cc1cc(OCCCC(C)C)cc(C)c1C.Cc1ccc(OCCCC(C)C)cc1.Cc1ccc(OCCCC(C)C)cc1.Cc1ccc(OCCCC(C)C)cc1.Cc1ccc(OCCCC(C)C)cc1.Cc1ccc(OCCCC(C)C)cc1C.Cc1cccc(OCCCC(C)C)c1.Cc1cccc(OCCCC(C)C)c1. The second kappa shape index (κ2) is 81.7. The molecule has 0 unspecified atom stereocenters. The molecule has 0 radical (unpaired) electrons. The molecule has 0 spiro atoms. The van der Waals surface area contributed by atoms with Crippen LogP contribution < -0.4 is 47.4 Å². The van der Waals surface area contributed by atoms with E-state index < -0.39 is 0 Å². The lowest BCUT2D eigenvalue weighted by molar-refractivity contribution is 0.297. The van der Waals surface area contributed by atoms with Crippen molar-refractivity contribution >= 4 is 10.8 Å². The summed E-state index contributed by atoms with van der Waals surface area (Å²) in [5.74, 6) is 17.7. The summed E-state index contributed by atoms with van der Waals surface area (Å²) < 4.78 is 56.6. The van der Waals surface area contributed by atoms with Crippen LogP contribution in [-0.4, -0.2) is 66.1 Å². The Labute approximate surface area is 888 Å². The molecular weight excluding hydrogens is 1780 g/mol. The number of fused-ring (bicyclic) bond motifs is 1. The molecule has 0 heterocycles. The van der Waals surface area contributed by atoms with Crippen molar-refractivity contribution in [2.24, 2.45) is 59.2 Å². The zero-order valence-corrected chi connectivity index (χ0v) is 97.2. The minimum absolute atomic E-state index is 0.756. The molecule has 0 atom stereocenters. The quantitative estimate of drug-likeness (QED) is 0.0343. The molecule has 11 rings (SSSR count). The normalized spacial score (nSPS) is 10.7. The van der Waals surface area contributed by atoms with Gasteiger partial charge in [0.2, 0.25) is 0 Å². The van der Waals surface area contributed by atoms with E-state index in [1.165, 1.54) is 136 Å². The minimum Gasteiger partial charge on any atom is -0.494 e. The zero-order chi connectivity index (χ0) is 107. The number of hydrogen-bond donors (Lipinski definition) is 0. The van der Waals surface area contributed by atoms with Gasteiger partial charge in [0.1, 0.15) is 57.5 Å². The van der Waals surface area contributed by atoms with Gasteiger partial charge in [0.25, 0.3) is 0 Å². The third-order valence-corrected chi connectivity index (χ3v) is 23.9. The molecule has 145 heavy (non-hydrogen) atoms. The van der Waals surface area contributed by atoms with E-state index in [9.17, 15) is 0 Å². The molecule has 0 saturated heterocycles. The molecule has 0 aromatic heterocycles. The molecule has 11 aromatic carbocycles. The average Bonchev–Trinajstić information content (AvgIpc) is 0.831. The summed E-state index contributed by atoms with van der Waals surface area (Å²) in [4.78, 5) is 0. The third-order valence-electron chi connectivity index (χ3n) is 23.9. The first-order valence-corrected chi connectivity index (χ1v) is 55.6. The number of aryl methyl sites for hydroxylation is 10. The second-order valence-electron chi connectivity index (χ2n) is 43.4. The predicted octanol–water partition coefficient (Wildman–Crippen LogP) is 39.6. The van der Waals surface area contributed by atoms with Gasteiger partial charge in [-0.25, -0.2) is 0 Å². The first-order valence-electron chi connectivity index (χ1n) is 55.6. The Morgan fingerprint density at radius 2 is 0.372 bits per heavy atom. The first kappa shape index (κ1) is 131. The fourth-order valence-electron chi connectivity index (χ4n) is 14.5. The van der Waals surface area contributed by atoms with Crippen LogP contribution in [-0.2, 0) is 0 Å². The van der Waals surface area contributed by atoms with E-state index in [4.69, 9.17) is 47.4 Å². The third kappa shape index (κ3) is 73.4. The van der Waals surface area contributed by atoms with E-state index >= 15 is 0 Å². The smallest absolute Gasteiger partial charge is 0.127 e. The summed E-state index contributed by atoms with van der Waals surface area (Å²) in [7, 11) is 0. The molecule has 0 N–H and O–H groups in total. The lowest BCUT2D eigenvalue weighted by Gasteiger charge is -2.11. The van der Waals surface area contributed by atoms with E-state index in [2.05, 4.69) is 360 Å². The van der Waals surface area contributed by atoms with Crippen molar-refractivity contribution in [2.45, 2.75) is 343 Å². The van der Waals surface area contributed by atoms with Gasteiger partial charge in [-0.2, -0.15) is 0 Å². The van der Waals surface area contributed by atoms with Crippen molar-refractivity contribution in [2.75, 3.05) is 66.1 Å². The van der Waals surface area contributed by atoms with Crippen LogP contribution in [0.4, 0.5) is 0 Å². The molecule has 10 heteroatoms. The van der Waals surface area contributed by atoms with Crippen LogP contribution in [0.15, 0.2) is 249 Å². The van der Waals surface area contributed by atoms with Crippen molar-refractivity contribution < 1.29 is 47.4 Å². The maximum Gasteiger partial charge on any atom is 0.127 e. The highest BCUT2D eigenvalue weighted by Gasteiger charge is 2.09. The summed E-state index contributed by atoms with van der Waals surface area (Å²) in [5.41, 5.74) is 14.3. The number of ether oxygens (including phenoxy) is 10. The van der Waals surface area contributed by atoms with Gasteiger partial charge in [-0.1, -0.05) is 294 Å². The maximum absolute atomic E-state index is 5.87. The predicted molar refractivity (Wildman–Crippen MR) is 630 cm³/mol. The Morgan fingerprint density at radius 1 is 0.159 bits per heavy atom. The van der Waals surface area contributed by atoms with Gasteiger partial charge < -0.3 is 47.4 Å². The van der Waals surface area contributed by atoms with Gasteiger partial charge in [0.05, 0.1) is 66.1 Å². The molecular formula is C135H204O10. The summed E-state index contributed by atoms with van der Waals surface area (Å²) in [6.07, 6.45) is 23.8. The van der Waals surface area contributed by atoms with Gasteiger partial charge in [-0.3, -0.25) is 0 Å². The molecule has 0 aliphatic rings. The summed E-state index contributed by atoms with van der Waals surface area (Å²) in [6.45, 7) is 76.4. The van der Waals surface area contributed by atoms with Gasteiger partial charge in [-0.15, -0.1) is 0 Å². The highest BCUT2D eigenvalue weighted by molar-refractivity contribution is 5.88. The van der Waals surface area contributed by atoms with Crippen molar-refractivity contribution in [3.8, 4) is 57.5 Å². The minimum atomic E-state index is 0.756. The standard InChI is InChI=1S/C16H20O.C15H24O.C14H22O.6C13H20O.C12H18O/c1-13(2)7-6-12-17-16-11-5-9-14-8-3-4-10-15(14)16;1-11(2)7-6-8-16-15-9-12(3)14(5)13(4)10-15;1-11(2)6-5-9-15-14-8-7-12(3)13(4)10-14;2*1-11(2)6-5-9-14-13-8-4-7-12(3)10-13;4*1-11(2)5-4-10-14-13-8-6-12(3)7-9-13;1-11(2)7-6-10-13-12-8-4-3-5-9-12/h3-5,8-11,13H,6-7,12H2,1-2H3;9-11H,6-8H2,1-5H3;7-8,10-11H,5-6,9H2,1-4H3;2*4,7-8,10-11H,5-6,9H2,1-3H3;4*6-9,11H,4-5,10H2,1-3H3;3-5,8-9,11H,6-7,10H2,1-2H3. The molecule has 804 valence electrons. The largest absolute Gasteiger partial charge is 0.494 e. The fraction of sp³-hybridized carbons (Fsp3) is 0.526. The zero-order valence-electron chi connectivity index (χ0n) is 97.2. The average molecular weight is 1990 g/mol.